The van der Waals surface area contributed by atoms with E-state index in [0.717, 1.165) is 34.6 Å². The van der Waals surface area contributed by atoms with Crippen molar-refractivity contribution in [2.75, 3.05) is 6.61 Å². The van der Waals surface area contributed by atoms with Crippen molar-refractivity contribution in [3.8, 4) is 5.75 Å². The SMILES string of the molecule is CCCOc1ccc(/C=C(\Cl)c2nnc(C(=O)NCc3ccc(F)cc3)s2)cc1. The van der Waals surface area contributed by atoms with E-state index < -0.39 is 0 Å². The highest BCUT2D eigenvalue weighted by atomic mass is 35.5. The molecule has 3 rings (SSSR count). The molecule has 0 atom stereocenters. The minimum atomic E-state index is -0.361. The highest BCUT2D eigenvalue weighted by Gasteiger charge is 2.14. The number of hydrogen-bond acceptors (Lipinski definition) is 5. The Morgan fingerprint density at radius 3 is 2.52 bits per heavy atom. The van der Waals surface area contributed by atoms with Gasteiger partial charge in [0.25, 0.3) is 5.91 Å². The van der Waals surface area contributed by atoms with Crippen LogP contribution < -0.4 is 10.1 Å². The molecule has 0 bridgehead atoms. The number of hydrogen-bond donors (Lipinski definition) is 1. The first-order chi connectivity index (χ1) is 14.0. The van der Waals surface area contributed by atoms with Crippen molar-refractivity contribution in [2.24, 2.45) is 0 Å². The molecular formula is C21H19ClFN3O2S. The second-order valence-electron chi connectivity index (χ2n) is 6.13. The van der Waals surface area contributed by atoms with E-state index in [9.17, 15) is 9.18 Å². The van der Waals surface area contributed by atoms with Crippen LogP contribution in [0.3, 0.4) is 0 Å². The highest BCUT2D eigenvalue weighted by molar-refractivity contribution is 7.15. The van der Waals surface area contributed by atoms with Crippen LogP contribution in [0.2, 0.25) is 0 Å². The van der Waals surface area contributed by atoms with Gasteiger partial charge in [-0.1, -0.05) is 54.1 Å². The van der Waals surface area contributed by atoms with E-state index in [0.29, 0.717) is 16.6 Å². The van der Waals surface area contributed by atoms with Crippen LogP contribution in [0.5, 0.6) is 5.75 Å². The van der Waals surface area contributed by atoms with Gasteiger partial charge in [0.2, 0.25) is 5.01 Å². The molecule has 5 nitrogen and oxygen atoms in total. The number of carbonyl (C=O) groups excluding carboxylic acids is 1. The lowest BCUT2D eigenvalue weighted by molar-refractivity contribution is 0.0950. The molecule has 0 aliphatic rings. The molecule has 1 amide bonds. The molecule has 150 valence electrons. The molecule has 1 aromatic heterocycles. The number of ether oxygens (including phenoxy) is 1. The predicted octanol–water partition coefficient (Wildman–Crippen LogP) is 5.13. The van der Waals surface area contributed by atoms with Crippen LogP contribution in [0.1, 0.15) is 39.3 Å². The molecular weight excluding hydrogens is 413 g/mol. The maximum atomic E-state index is 12.9. The third-order valence-electron chi connectivity index (χ3n) is 3.84. The lowest BCUT2D eigenvalue weighted by Crippen LogP contribution is -2.22. The highest BCUT2D eigenvalue weighted by Crippen LogP contribution is 2.26. The topological polar surface area (TPSA) is 64.1 Å². The fourth-order valence-electron chi connectivity index (χ4n) is 2.36. The molecule has 0 saturated heterocycles. The maximum Gasteiger partial charge on any atom is 0.282 e. The summed E-state index contributed by atoms with van der Waals surface area (Å²) in [6.45, 7) is 2.99. The number of aromatic nitrogens is 2. The number of nitrogens with zero attached hydrogens (tertiary/aromatic N) is 2. The molecule has 1 N–H and O–H groups in total. The predicted molar refractivity (Wildman–Crippen MR) is 113 cm³/mol. The minimum Gasteiger partial charge on any atom is -0.494 e. The van der Waals surface area contributed by atoms with Gasteiger partial charge in [0.1, 0.15) is 11.6 Å². The molecule has 2 aromatic carbocycles. The van der Waals surface area contributed by atoms with Crippen molar-refractivity contribution in [1.29, 1.82) is 0 Å². The number of rotatable bonds is 8. The zero-order valence-electron chi connectivity index (χ0n) is 15.7. The minimum absolute atomic E-state index is 0.206. The molecule has 0 spiro atoms. The van der Waals surface area contributed by atoms with Gasteiger partial charge in [0.05, 0.1) is 11.6 Å². The number of carbonyl (C=O) groups is 1. The van der Waals surface area contributed by atoms with Crippen LogP contribution in [0.4, 0.5) is 4.39 Å². The number of amides is 1. The summed E-state index contributed by atoms with van der Waals surface area (Å²) >= 11 is 7.44. The zero-order chi connectivity index (χ0) is 20.6. The van der Waals surface area contributed by atoms with E-state index in [2.05, 4.69) is 22.4 Å². The summed E-state index contributed by atoms with van der Waals surface area (Å²) in [5.74, 6) is 0.120. The standard InChI is InChI=1S/C21H19ClFN3O2S/c1-2-11-28-17-9-5-14(6-10-17)12-18(22)20-25-26-21(29-20)19(27)24-13-15-3-7-16(23)8-4-15/h3-10,12H,2,11,13H2,1H3,(H,24,27)/b18-12-. The van der Waals surface area contributed by atoms with Gasteiger partial charge in [-0.2, -0.15) is 0 Å². The molecule has 3 aromatic rings. The Kier molecular flexibility index (Phi) is 7.32. The Morgan fingerprint density at radius 2 is 1.83 bits per heavy atom. The molecule has 29 heavy (non-hydrogen) atoms. The molecule has 0 aliphatic carbocycles. The summed E-state index contributed by atoms with van der Waals surface area (Å²) in [4.78, 5) is 12.2. The van der Waals surface area contributed by atoms with Gasteiger partial charge in [-0.3, -0.25) is 4.79 Å². The molecule has 0 fully saturated rings. The van der Waals surface area contributed by atoms with Crippen molar-refractivity contribution in [3.05, 3.63) is 75.5 Å². The fraction of sp³-hybridized carbons (Fsp3) is 0.190. The first-order valence-electron chi connectivity index (χ1n) is 9.01. The second kappa shape index (κ2) is 10.1. The average Bonchev–Trinajstić information content (AvgIpc) is 3.23. The van der Waals surface area contributed by atoms with Gasteiger partial charge in [-0.25, -0.2) is 4.39 Å². The summed E-state index contributed by atoms with van der Waals surface area (Å²) in [5, 5.41) is 11.7. The van der Waals surface area contributed by atoms with Crippen LogP contribution in [0.15, 0.2) is 48.5 Å². The molecule has 1 heterocycles. The van der Waals surface area contributed by atoms with Gasteiger partial charge in [-0.15, -0.1) is 10.2 Å². The Bertz CT molecular complexity index is 988. The summed E-state index contributed by atoms with van der Waals surface area (Å²) in [7, 11) is 0. The largest absolute Gasteiger partial charge is 0.494 e. The summed E-state index contributed by atoms with van der Waals surface area (Å²) in [6, 6.07) is 13.4. The average molecular weight is 432 g/mol. The van der Waals surface area contributed by atoms with Crippen LogP contribution in [0.25, 0.3) is 11.1 Å². The van der Waals surface area contributed by atoms with E-state index in [4.69, 9.17) is 16.3 Å². The van der Waals surface area contributed by atoms with Crippen molar-refractivity contribution in [1.82, 2.24) is 15.5 Å². The number of halogens is 2. The van der Waals surface area contributed by atoms with Crippen LogP contribution >= 0.6 is 22.9 Å². The third-order valence-corrected chi connectivity index (χ3v) is 5.19. The van der Waals surface area contributed by atoms with Gasteiger partial charge in [0.15, 0.2) is 5.01 Å². The first kappa shape index (κ1) is 21.0. The zero-order valence-corrected chi connectivity index (χ0v) is 17.3. The monoisotopic (exact) mass is 431 g/mol. The van der Waals surface area contributed by atoms with Gasteiger partial charge >= 0.3 is 0 Å². The van der Waals surface area contributed by atoms with Crippen LogP contribution in [0, 0.1) is 5.82 Å². The smallest absolute Gasteiger partial charge is 0.282 e. The molecule has 0 radical (unpaired) electrons. The summed E-state index contributed by atoms with van der Waals surface area (Å²) in [5.41, 5.74) is 1.67. The Labute approximate surface area is 177 Å². The van der Waals surface area contributed by atoms with E-state index in [-0.39, 0.29) is 23.3 Å². The van der Waals surface area contributed by atoms with Crippen molar-refractivity contribution in [2.45, 2.75) is 19.9 Å². The van der Waals surface area contributed by atoms with Gasteiger partial charge in [-0.05, 0) is 47.9 Å². The summed E-state index contributed by atoms with van der Waals surface area (Å²) < 4.78 is 18.5. The first-order valence-corrected chi connectivity index (χ1v) is 10.2. The molecule has 0 saturated carbocycles. The molecule has 8 heteroatoms. The van der Waals surface area contributed by atoms with Crippen molar-refractivity contribution >= 4 is 40.0 Å². The fourth-order valence-corrected chi connectivity index (χ4v) is 3.31. The normalized spacial score (nSPS) is 11.3. The van der Waals surface area contributed by atoms with Crippen molar-refractivity contribution in [3.63, 3.8) is 0 Å². The Hall–Kier alpha value is -2.77. The van der Waals surface area contributed by atoms with Crippen LogP contribution in [-0.4, -0.2) is 22.7 Å². The van der Waals surface area contributed by atoms with E-state index >= 15 is 0 Å². The van der Waals surface area contributed by atoms with Crippen LogP contribution in [-0.2, 0) is 6.54 Å². The quantitative estimate of drug-likeness (QED) is 0.536. The molecule has 0 aliphatic heterocycles. The van der Waals surface area contributed by atoms with E-state index in [1.165, 1.54) is 12.1 Å². The molecule has 0 unspecified atom stereocenters. The lowest BCUT2D eigenvalue weighted by Gasteiger charge is -2.04. The Balaban J connectivity index is 1.61. The number of benzene rings is 2. The van der Waals surface area contributed by atoms with E-state index in [1.54, 1.807) is 18.2 Å². The Morgan fingerprint density at radius 1 is 1.14 bits per heavy atom. The third kappa shape index (κ3) is 6.10. The van der Waals surface area contributed by atoms with Crippen molar-refractivity contribution < 1.29 is 13.9 Å². The van der Waals surface area contributed by atoms with Gasteiger partial charge < -0.3 is 10.1 Å². The lowest BCUT2D eigenvalue weighted by atomic mass is 10.2. The van der Waals surface area contributed by atoms with Gasteiger partial charge in [0, 0.05) is 6.54 Å². The van der Waals surface area contributed by atoms with E-state index in [1.807, 2.05) is 24.3 Å². The number of nitrogens with one attached hydrogen (secondary N) is 1. The second-order valence-corrected chi connectivity index (χ2v) is 7.52. The summed E-state index contributed by atoms with van der Waals surface area (Å²) in [6.07, 6.45) is 2.70. The maximum absolute atomic E-state index is 12.9.